The van der Waals surface area contributed by atoms with Gasteiger partial charge in [0.15, 0.2) is 5.84 Å². The number of nitrogens with zero attached hydrogens (tertiary/aromatic N) is 3. The Balaban J connectivity index is 2.91. The monoisotopic (exact) mass is 256 g/mol. The highest BCUT2D eigenvalue weighted by molar-refractivity contribution is 6.33. The van der Waals surface area contributed by atoms with Gasteiger partial charge in [-0.2, -0.15) is 0 Å². The fourth-order valence-corrected chi connectivity index (χ4v) is 1.47. The zero-order chi connectivity index (χ0) is 12.8. The molecule has 0 fully saturated rings. The summed E-state index contributed by atoms with van der Waals surface area (Å²) in [6.07, 6.45) is 2.88. The number of likely N-dealkylation sites (N-methyl/N-ethyl adjacent to an activating group) is 1. The lowest BCUT2D eigenvalue weighted by molar-refractivity contribution is 0.0786. The highest BCUT2D eigenvalue weighted by Crippen LogP contribution is 2.15. The SMILES string of the molecule is CCN(CC(N)=NO)C(=O)c1ccncc1Cl. The third-order valence-corrected chi connectivity index (χ3v) is 2.45. The van der Waals surface area contributed by atoms with Crippen molar-refractivity contribution in [2.24, 2.45) is 10.9 Å². The Morgan fingerprint density at radius 1 is 1.71 bits per heavy atom. The Labute approximate surface area is 104 Å². The van der Waals surface area contributed by atoms with Gasteiger partial charge in [0, 0.05) is 18.9 Å². The van der Waals surface area contributed by atoms with Gasteiger partial charge in [-0.3, -0.25) is 9.78 Å². The van der Waals surface area contributed by atoms with Crippen molar-refractivity contribution in [3.8, 4) is 0 Å². The van der Waals surface area contributed by atoms with Crippen LogP contribution in [-0.2, 0) is 0 Å². The van der Waals surface area contributed by atoms with E-state index in [0.717, 1.165) is 0 Å². The van der Waals surface area contributed by atoms with Crippen LogP contribution < -0.4 is 5.73 Å². The molecule has 0 aliphatic carbocycles. The van der Waals surface area contributed by atoms with E-state index in [0.29, 0.717) is 12.1 Å². The predicted octanol–water partition coefficient (Wildman–Crippen LogP) is 0.943. The molecule has 17 heavy (non-hydrogen) atoms. The van der Waals surface area contributed by atoms with Gasteiger partial charge >= 0.3 is 0 Å². The number of carbonyl (C=O) groups excluding carboxylic acids is 1. The van der Waals surface area contributed by atoms with Crippen LogP contribution in [0.3, 0.4) is 0 Å². The molecule has 7 heteroatoms. The number of aromatic nitrogens is 1. The number of hydrogen-bond acceptors (Lipinski definition) is 4. The first kappa shape index (κ1) is 13.2. The number of amides is 1. The topological polar surface area (TPSA) is 91.8 Å². The molecule has 1 aromatic rings. The van der Waals surface area contributed by atoms with Gasteiger partial charge in [-0.15, -0.1) is 0 Å². The molecule has 0 saturated carbocycles. The first-order chi connectivity index (χ1) is 8.10. The average Bonchev–Trinajstić information content (AvgIpc) is 2.35. The lowest BCUT2D eigenvalue weighted by Crippen LogP contribution is -2.38. The lowest BCUT2D eigenvalue weighted by atomic mass is 10.2. The van der Waals surface area contributed by atoms with Crippen LogP contribution in [0.5, 0.6) is 0 Å². The van der Waals surface area contributed by atoms with Crippen LogP contribution in [-0.4, -0.2) is 39.9 Å². The molecule has 1 aromatic heterocycles. The van der Waals surface area contributed by atoms with Crippen LogP contribution >= 0.6 is 11.6 Å². The molecule has 0 aliphatic rings. The number of carbonyl (C=O) groups is 1. The molecule has 0 bridgehead atoms. The smallest absolute Gasteiger partial charge is 0.255 e. The summed E-state index contributed by atoms with van der Waals surface area (Å²) in [6.45, 7) is 2.26. The summed E-state index contributed by atoms with van der Waals surface area (Å²) in [5.41, 5.74) is 5.71. The zero-order valence-corrected chi connectivity index (χ0v) is 10.1. The summed E-state index contributed by atoms with van der Waals surface area (Å²) in [4.78, 5) is 17.3. The van der Waals surface area contributed by atoms with Gasteiger partial charge in [-0.05, 0) is 13.0 Å². The van der Waals surface area contributed by atoms with Crippen molar-refractivity contribution < 1.29 is 10.0 Å². The molecule has 92 valence electrons. The van der Waals surface area contributed by atoms with Gasteiger partial charge in [-0.1, -0.05) is 16.8 Å². The van der Waals surface area contributed by atoms with Crippen molar-refractivity contribution in [3.05, 3.63) is 29.0 Å². The molecule has 0 aliphatic heterocycles. The number of hydrogen-bond donors (Lipinski definition) is 2. The van der Waals surface area contributed by atoms with E-state index in [9.17, 15) is 4.79 Å². The van der Waals surface area contributed by atoms with E-state index in [4.69, 9.17) is 22.5 Å². The van der Waals surface area contributed by atoms with Crippen molar-refractivity contribution in [1.29, 1.82) is 0 Å². The quantitative estimate of drug-likeness (QED) is 0.363. The lowest BCUT2D eigenvalue weighted by Gasteiger charge is -2.20. The molecular weight excluding hydrogens is 244 g/mol. The van der Waals surface area contributed by atoms with E-state index in [1.165, 1.54) is 23.4 Å². The first-order valence-corrected chi connectivity index (χ1v) is 5.33. The standard InChI is InChI=1S/C10H13ClN4O2/c1-2-15(6-9(12)14-17)10(16)7-3-4-13-5-8(7)11/h3-5,17H,2,6H2,1H3,(H2,12,14). The number of halogens is 1. The van der Waals surface area contributed by atoms with Gasteiger partial charge in [0.05, 0.1) is 17.1 Å². The van der Waals surface area contributed by atoms with Gasteiger partial charge in [0.1, 0.15) is 0 Å². The molecule has 6 nitrogen and oxygen atoms in total. The van der Waals surface area contributed by atoms with Crippen molar-refractivity contribution >= 4 is 23.3 Å². The summed E-state index contributed by atoms with van der Waals surface area (Å²) < 4.78 is 0. The molecule has 0 saturated heterocycles. The second-order valence-electron chi connectivity index (χ2n) is 3.27. The molecule has 1 heterocycles. The predicted molar refractivity (Wildman–Crippen MR) is 64.2 cm³/mol. The van der Waals surface area contributed by atoms with Crippen molar-refractivity contribution in [2.45, 2.75) is 6.92 Å². The van der Waals surface area contributed by atoms with Crippen LogP contribution in [0.25, 0.3) is 0 Å². The number of oxime groups is 1. The molecule has 1 amide bonds. The van der Waals surface area contributed by atoms with Gasteiger partial charge < -0.3 is 15.8 Å². The minimum absolute atomic E-state index is 0.0367. The molecule has 1 rings (SSSR count). The summed E-state index contributed by atoms with van der Waals surface area (Å²) in [6, 6.07) is 1.53. The maximum absolute atomic E-state index is 12.1. The Morgan fingerprint density at radius 2 is 2.41 bits per heavy atom. The maximum Gasteiger partial charge on any atom is 0.255 e. The highest BCUT2D eigenvalue weighted by Gasteiger charge is 2.17. The van der Waals surface area contributed by atoms with E-state index in [-0.39, 0.29) is 23.3 Å². The van der Waals surface area contributed by atoms with Crippen LogP contribution in [0.1, 0.15) is 17.3 Å². The zero-order valence-electron chi connectivity index (χ0n) is 9.30. The second-order valence-corrected chi connectivity index (χ2v) is 3.67. The summed E-state index contributed by atoms with van der Waals surface area (Å²) in [5.74, 6) is -0.322. The van der Waals surface area contributed by atoms with Crippen LogP contribution in [0.15, 0.2) is 23.6 Å². The van der Waals surface area contributed by atoms with E-state index in [2.05, 4.69) is 10.1 Å². The number of amidine groups is 1. The third kappa shape index (κ3) is 3.32. The highest BCUT2D eigenvalue weighted by atomic mass is 35.5. The molecule has 0 spiro atoms. The minimum Gasteiger partial charge on any atom is -0.409 e. The normalized spacial score (nSPS) is 11.3. The Bertz CT molecular complexity index is 436. The van der Waals surface area contributed by atoms with E-state index < -0.39 is 0 Å². The summed E-state index contributed by atoms with van der Waals surface area (Å²) >= 11 is 5.87. The Kier molecular flexibility index (Phi) is 4.71. The number of rotatable bonds is 4. The van der Waals surface area contributed by atoms with Gasteiger partial charge in [0.2, 0.25) is 0 Å². The van der Waals surface area contributed by atoms with E-state index in [1.807, 2.05) is 0 Å². The van der Waals surface area contributed by atoms with Gasteiger partial charge in [0.25, 0.3) is 5.91 Å². The molecule has 3 N–H and O–H groups in total. The van der Waals surface area contributed by atoms with Crippen LogP contribution in [0, 0.1) is 0 Å². The molecular formula is C10H13ClN4O2. The number of pyridine rings is 1. The fourth-order valence-electron chi connectivity index (χ4n) is 1.27. The molecule has 0 unspecified atom stereocenters. The second kappa shape index (κ2) is 6.05. The summed E-state index contributed by atoms with van der Waals surface area (Å²) in [5, 5.41) is 11.6. The van der Waals surface area contributed by atoms with Crippen LogP contribution in [0.2, 0.25) is 5.02 Å². The largest absolute Gasteiger partial charge is 0.409 e. The maximum atomic E-state index is 12.1. The molecule has 0 aromatic carbocycles. The van der Waals surface area contributed by atoms with Crippen molar-refractivity contribution in [3.63, 3.8) is 0 Å². The first-order valence-electron chi connectivity index (χ1n) is 4.95. The van der Waals surface area contributed by atoms with Gasteiger partial charge in [-0.25, -0.2) is 0 Å². The molecule has 0 radical (unpaired) electrons. The number of nitrogens with two attached hydrogens (primary N) is 1. The fraction of sp³-hybridized carbons (Fsp3) is 0.300. The molecule has 0 atom stereocenters. The van der Waals surface area contributed by atoms with E-state index in [1.54, 1.807) is 6.92 Å². The van der Waals surface area contributed by atoms with Crippen molar-refractivity contribution in [1.82, 2.24) is 9.88 Å². The Morgan fingerprint density at radius 3 is 2.94 bits per heavy atom. The minimum atomic E-state index is -0.286. The van der Waals surface area contributed by atoms with E-state index >= 15 is 0 Å². The average molecular weight is 257 g/mol. The van der Waals surface area contributed by atoms with Crippen molar-refractivity contribution in [2.75, 3.05) is 13.1 Å². The Hall–Kier alpha value is -1.82. The third-order valence-electron chi connectivity index (χ3n) is 2.15. The summed E-state index contributed by atoms with van der Waals surface area (Å²) in [7, 11) is 0. The van der Waals surface area contributed by atoms with Crippen LogP contribution in [0.4, 0.5) is 0 Å².